The molecule has 4 aliphatic rings. The van der Waals surface area contributed by atoms with E-state index >= 15 is 0 Å². The number of ether oxygens (including phenoxy) is 1. The first-order valence-corrected chi connectivity index (χ1v) is 12.7. The summed E-state index contributed by atoms with van der Waals surface area (Å²) in [5, 5.41) is 8.12. The minimum absolute atomic E-state index is 0.0326. The van der Waals surface area contributed by atoms with Crippen molar-refractivity contribution in [1.82, 2.24) is 25.3 Å². The smallest absolute Gasteiger partial charge is 0.225 e. The van der Waals surface area contributed by atoms with Gasteiger partial charge in [0.05, 0.1) is 22.1 Å². The molecule has 2 fully saturated rings. The van der Waals surface area contributed by atoms with E-state index in [9.17, 15) is 4.79 Å². The van der Waals surface area contributed by atoms with Gasteiger partial charge in [-0.2, -0.15) is 0 Å². The van der Waals surface area contributed by atoms with Crippen molar-refractivity contribution in [3.05, 3.63) is 63.6 Å². The van der Waals surface area contributed by atoms with Crippen LogP contribution in [0.4, 0.5) is 0 Å². The number of fused-ring (bicyclic) bond motifs is 1. The van der Waals surface area contributed by atoms with Gasteiger partial charge in [-0.05, 0) is 43.2 Å². The zero-order chi connectivity index (χ0) is 23.7. The molecule has 2 N–H and O–H groups in total. The first kappa shape index (κ1) is 23.5. The second kappa shape index (κ2) is 10.2. The van der Waals surface area contributed by atoms with Crippen molar-refractivity contribution in [3.8, 4) is 0 Å². The number of rotatable bonds is 5. The molecule has 1 atom stereocenters. The highest BCUT2D eigenvalue weighted by Gasteiger charge is 2.34. The summed E-state index contributed by atoms with van der Waals surface area (Å²) < 4.78 is 5.42. The van der Waals surface area contributed by atoms with Crippen LogP contribution >= 0.6 is 23.2 Å². The van der Waals surface area contributed by atoms with Crippen molar-refractivity contribution in [2.45, 2.75) is 19.0 Å². The lowest BCUT2D eigenvalue weighted by Crippen LogP contribution is -2.51. The van der Waals surface area contributed by atoms with E-state index in [1.807, 2.05) is 24.1 Å². The van der Waals surface area contributed by atoms with Crippen LogP contribution in [0.3, 0.4) is 0 Å². The maximum atomic E-state index is 12.9. The topological polar surface area (TPSA) is 60.1 Å². The maximum absolute atomic E-state index is 12.9. The molecular formula is C25H31Cl2N5O2. The van der Waals surface area contributed by atoms with Crippen LogP contribution in [0.1, 0.15) is 18.4 Å². The minimum Gasteiger partial charge on any atom is -0.387 e. The van der Waals surface area contributed by atoms with Gasteiger partial charge < -0.3 is 25.2 Å². The quantitative estimate of drug-likeness (QED) is 0.643. The third-order valence-corrected chi connectivity index (χ3v) is 7.59. The van der Waals surface area contributed by atoms with Gasteiger partial charge in [0.2, 0.25) is 5.91 Å². The van der Waals surface area contributed by atoms with E-state index in [1.54, 1.807) is 6.07 Å². The van der Waals surface area contributed by atoms with Crippen LogP contribution in [0, 0.1) is 5.92 Å². The molecule has 0 aromatic heterocycles. The molecule has 0 aliphatic carbocycles. The van der Waals surface area contributed by atoms with E-state index in [-0.39, 0.29) is 12.1 Å². The lowest BCUT2D eigenvalue weighted by molar-refractivity contribution is -0.140. The lowest BCUT2D eigenvalue weighted by atomic mass is 9.98. The molecule has 0 saturated carbocycles. The van der Waals surface area contributed by atoms with Crippen molar-refractivity contribution in [1.29, 1.82) is 0 Å². The molecule has 7 nitrogen and oxygen atoms in total. The zero-order valence-electron chi connectivity index (χ0n) is 19.4. The number of likely N-dealkylation sites (N-methyl/N-ethyl adjacent to an activating group) is 1. The van der Waals surface area contributed by atoms with E-state index in [2.05, 4.69) is 38.8 Å². The number of nitrogens with one attached hydrogen (secondary N) is 2. The molecule has 0 spiro atoms. The van der Waals surface area contributed by atoms with E-state index in [0.717, 1.165) is 68.2 Å². The molecule has 1 aromatic rings. The number of piperazine rings is 1. The molecule has 4 heterocycles. The van der Waals surface area contributed by atoms with Crippen molar-refractivity contribution in [2.24, 2.45) is 5.92 Å². The van der Waals surface area contributed by atoms with Crippen molar-refractivity contribution < 1.29 is 9.53 Å². The summed E-state index contributed by atoms with van der Waals surface area (Å²) in [4.78, 5) is 19.7. The van der Waals surface area contributed by atoms with Gasteiger partial charge in [0.25, 0.3) is 0 Å². The number of carbonyl (C=O) groups is 1. The highest BCUT2D eigenvalue weighted by atomic mass is 35.5. The summed E-state index contributed by atoms with van der Waals surface area (Å²) in [6.07, 6.45) is 8.07. The van der Waals surface area contributed by atoms with Crippen molar-refractivity contribution in [2.75, 3.05) is 53.0 Å². The molecule has 182 valence electrons. The van der Waals surface area contributed by atoms with Gasteiger partial charge in [0.15, 0.2) is 0 Å². The molecule has 1 aromatic carbocycles. The van der Waals surface area contributed by atoms with Gasteiger partial charge in [-0.1, -0.05) is 23.2 Å². The Balaban J connectivity index is 1.34. The van der Waals surface area contributed by atoms with E-state index in [1.165, 1.54) is 0 Å². The van der Waals surface area contributed by atoms with Crippen LogP contribution < -0.4 is 10.6 Å². The fourth-order valence-corrected chi connectivity index (χ4v) is 5.56. The summed E-state index contributed by atoms with van der Waals surface area (Å²) in [5.41, 5.74) is 4.17. The number of hydrogen-bond donors (Lipinski definition) is 2. The highest BCUT2D eigenvalue weighted by Crippen LogP contribution is 2.35. The highest BCUT2D eigenvalue weighted by molar-refractivity contribution is 6.35. The Hall–Kier alpha value is -2.19. The Labute approximate surface area is 211 Å². The first-order valence-electron chi connectivity index (χ1n) is 11.9. The molecular weight excluding hydrogens is 473 g/mol. The number of benzene rings is 1. The summed E-state index contributed by atoms with van der Waals surface area (Å²) >= 11 is 12.8. The normalized spacial score (nSPS) is 23.6. The second-order valence-electron chi connectivity index (χ2n) is 9.12. The molecule has 1 amide bonds. The zero-order valence-corrected chi connectivity index (χ0v) is 20.9. The van der Waals surface area contributed by atoms with E-state index in [4.69, 9.17) is 27.9 Å². The maximum Gasteiger partial charge on any atom is 0.225 e. The van der Waals surface area contributed by atoms with Gasteiger partial charge in [-0.15, -0.1) is 0 Å². The van der Waals surface area contributed by atoms with Crippen LogP contribution in [0.15, 0.2) is 47.9 Å². The average molecular weight is 504 g/mol. The van der Waals surface area contributed by atoms with E-state index < -0.39 is 0 Å². The Morgan fingerprint density at radius 1 is 1.18 bits per heavy atom. The average Bonchev–Trinajstić information content (AvgIpc) is 3.21. The molecule has 34 heavy (non-hydrogen) atoms. The predicted octanol–water partition coefficient (Wildman–Crippen LogP) is 3.09. The third kappa shape index (κ3) is 4.80. The standard InChI is InChI=1S/C25H31Cl2N5O2/c1-28-19-3-5-23-29-24(20-4-2-18(26)14-21(20)27)22(32(23)15-19)16-30-8-10-31(11-9-30)25(33)17-6-12-34-13-7-17/h2-5,14-15,17,23,28-29H,6-13,16H2,1H3. The second-order valence-corrected chi connectivity index (χ2v) is 9.97. The van der Waals surface area contributed by atoms with Gasteiger partial charge in [-0.3, -0.25) is 9.69 Å². The Morgan fingerprint density at radius 2 is 1.94 bits per heavy atom. The van der Waals surface area contributed by atoms with Crippen LogP contribution in [0.5, 0.6) is 0 Å². The Bertz CT molecular complexity index is 1030. The van der Waals surface area contributed by atoms with Crippen LogP contribution in [0.2, 0.25) is 10.0 Å². The van der Waals surface area contributed by atoms with Gasteiger partial charge in [0, 0.05) is 75.7 Å². The van der Waals surface area contributed by atoms with Gasteiger partial charge in [-0.25, -0.2) is 0 Å². The van der Waals surface area contributed by atoms with Crippen LogP contribution in [0.25, 0.3) is 5.70 Å². The van der Waals surface area contributed by atoms with Crippen molar-refractivity contribution in [3.63, 3.8) is 0 Å². The molecule has 5 rings (SSSR count). The summed E-state index contributed by atoms with van der Waals surface area (Å²) in [5.74, 6) is 0.410. The predicted molar refractivity (Wildman–Crippen MR) is 135 cm³/mol. The number of amides is 1. The fraction of sp³-hybridized carbons (Fsp3) is 0.480. The Morgan fingerprint density at radius 3 is 2.65 bits per heavy atom. The first-order chi connectivity index (χ1) is 16.5. The lowest BCUT2D eigenvalue weighted by Gasteiger charge is -2.38. The van der Waals surface area contributed by atoms with E-state index in [0.29, 0.717) is 29.2 Å². The summed E-state index contributed by atoms with van der Waals surface area (Å²) in [6.45, 7) is 5.36. The fourth-order valence-electron chi connectivity index (χ4n) is 5.06. The molecule has 0 bridgehead atoms. The number of nitrogens with zero attached hydrogens (tertiary/aromatic N) is 3. The summed E-state index contributed by atoms with van der Waals surface area (Å²) in [7, 11) is 1.93. The molecule has 4 aliphatic heterocycles. The van der Waals surface area contributed by atoms with Crippen LogP contribution in [-0.4, -0.2) is 79.8 Å². The number of halogens is 2. The molecule has 0 radical (unpaired) electrons. The number of hydrogen-bond acceptors (Lipinski definition) is 6. The number of carbonyl (C=O) groups excluding carboxylic acids is 1. The SMILES string of the molecule is CNC1=CN2C(CN3CCN(C(=O)C4CCOCC4)CC3)=C(c3ccc(Cl)cc3Cl)NC2C=C1. The monoisotopic (exact) mass is 503 g/mol. The largest absolute Gasteiger partial charge is 0.387 e. The third-order valence-electron chi connectivity index (χ3n) is 7.05. The van der Waals surface area contributed by atoms with Gasteiger partial charge in [0.1, 0.15) is 6.17 Å². The molecule has 2 saturated heterocycles. The summed E-state index contributed by atoms with van der Waals surface area (Å²) in [6, 6.07) is 5.63. The minimum atomic E-state index is 0.0326. The Kier molecular flexibility index (Phi) is 7.06. The number of allylic oxidation sites excluding steroid dienone is 1. The van der Waals surface area contributed by atoms with Crippen LogP contribution in [-0.2, 0) is 9.53 Å². The molecule has 9 heteroatoms. The van der Waals surface area contributed by atoms with Gasteiger partial charge >= 0.3 is 0 Å². The van der Waals surface area contributed by atoms with Crippen molar-refractivity contribution >= 4 is 34.8 Å². The molecule has 1 unspecified atom stereocenters.